The standard InChI is InChI=1S/C17H24N4O3S/c1-5-10-20-13(2)11-16(19-20)21(25(4,23)24)12-14-6-8-15(9-7-14)17(22)18-3/h6-9,11H,5,10,12H2,1-4H3,(H,18,22). The maximum Gasteiger partial charge on any atom is 0.251 e. The molecule has 0 saturated heterocycles. The van der Waals surface area contributed by atoms with Crippen molar-refractivity contribution in [2.24, 2.45) is 0 Å². The number of aryl methyl sites for hydroxylation is 2. The lowest BCUT2D eigenvalue weighted by Gasteiger charge is -2.20. The molecule has 0 aliphatic heterocycles. The van der Waals surface area contributed by atoms with Gasteiger partial charge in [0.05, 0.1) is 12.8 Å². The Labute approximate surface area is 148 Å². The van der Waals surface area contributed by atoms with Gasteiger partial charge in [0.15, 0.2) is 5.82 Å². The molecule has 0 aliphatic carbocycles. The lowest BCUT2D eigenvalue weighted by Crippen LogP contribution is -2.30. The molecule has 25 heavy (non-hydrogen) atoms. The van der Waals surface area contributed by atoms with Crippen molar-refractivity contribution in [3.8, 4) is 0 Å². The van der Waals surface area contributed by atoms with Crippen LogP contribution in [0.15, 0.2) is 30.3 Å². The van der Waals surface area contributed by atoms with Crippen molar-refractivity contribution in [3.05, 3.63) is 47.2 Å². The van der Waals surface area contributed by atoms with E-state index in [1.807, 2.05) is 18.5 Å². The highest BCUT2D eigenvalue weighted by molar-refractivity contribution is 7.92. The van der Waals surface area contributed by atoms with Crippen LogP contribution in [0.1, 0.15) is 35.0 Å². The third-order valence-electron chi connectivity index (χ3n) is 3.83. The Hall–Kier alpha value is -2.35. The van der Waals surface area contributed by atoms with Gasteiger partial charge in [-0.2, -0.15) is 5.10 Å². The Bertz CT molecular complexity index is 841. The quantitative estimate of drug-likeness (QED) is 0.813. The molecule has 2 aromatic rings. The third-order valence-corrected chi connectivity index (χ3v) is 4.95. The van der Waals surface area contributed by atoms with Crippen molar-refractivity contribution >= 4 is 21.7 Å². The van der Waals surface area contributed by atoms with Crippen molar-refractivity contribution in [1.29, 1.82) is 0 Å². The Morgan fingerprint density at radius 1 is 1.28 bits per heavy atom. The first kappa shape index (κ1) is 19.0. The maximum absolute atomic E-state index is 12.2. The van der Waals surface area contributed by atoms with Gasteiger partial charge in [-0.3, -0.25) is 9.48 Å². The summed E-state index contributed by atoms with van der Waals surface area (Å²) in [5, 5.41) is 6.98. The van der Waals surface area contributed by atoms with Crippen LogP contribution in [0.4, 0.5) is 5.82 Å². The van der Waals surface area contributed by atoms with Crippen LogP contribution < -0.4 is 9.62 Å². The molecule has 0 radical (unpaired) electrons. The van der Waals surface area contributed by atoms with E-state index in [-0.39, 0.29) is 12.5 Å². The number of benzene rings is 1. The highest BCUT2D eigenvalue weighted by Gasteiger charge is 2.21. The highest BCUT2D eigenvalue weighted by Crippen LogP contribution is 2.21. The smallest absolute Gasteiger partial charge is 0.251 e. The van der Waals surface area contributed by atoms with E-state index < -0.39 is 10.0 Å². The number of anilines is 1. The zero-order valence-electron chi connectivity index (χ0n) is 15.0. The molecule has 8 heteroatoms. The van der Waals surface area contributed by atoms with E-state index in [2.05, 4.69) is 10.4 Å². The normalized spacial score (nSPS) is 11.4. The SMILES string of the molecule is CCCn1nc(N(Cc2ccc(C(=O)NC)cc2)S(C)(=O)=O)cc1C. The van der Waals surface area contributed by atoms with Gasteiger partial charge in [0.2, 0.25) is 10.0 Å². The van der Waals surface area contributed by atoms with Gasteiger partial charge in [-0.25, -0.2) is 12.7 Å². The van der Waals surface area contributed by atoms with E-state index in [0.717, 1.165) is 24.2 Å². The van der Waals surface area contributed by atoms with Crippen molar-refractivity contribution < 1.29 is 13.2 Å². The number of sulfonamides is 1. The minimum atomic E-state index is -3.49. The first-order valence-electron chi connectivity index (χ1n) is 8.09. The molecule has 0 bridgehead atoms. The molecule has 0 aliphatic rings. The van der Waals surface area contributed by atoms with Crippen LogP contribution in [-0.4, -0.2) is 37.4 Å². The molecule has 0 fully saturated rings. The molecule has 0 unspecified atom stereocenters. The molecule has 1 amide bonds. The van der Waals surface area contributed by atoms with Crippen LogP contribution in [0.25, 0.3) is 0 Å². The number of aromatic nitrogens is 2. The number of hydrogen-bond acceptors (Lipinski definition) is 4. The first-order chi connectivity index (χ1) is 11.8. The van der Waals surface area contributed by atoms with E-state index in [1.54, 1.807) is 37.4 Å². The van der Waals surface area contributed by atoms with E-state index in [9.17, 15) is 13.2 Å². The van der Waals surface area contributed by atoms with Crippen LogP contribution in [0.5, 0.6) is 0 Å². The molecule has 1 heterocycles. The summed E-state index contributed by atoms with van der Waals surface area (Å²) in [4.78, 5) is 11.6. The second-order valence-corrected chi connectivity index (χ2v) is 7.82. The summed E-state index contributed by atoms with van der Waals surface area (Å²) in [6.45, 7) is 4.85. The second kappa shape index (κ2) is 7.69. The number of rotatable bonds is 7. The molecule has 0 saturated carbocycles. The summed E-state index contributed by atoms with van der Waals surface area (Å²) >= 11 is 0. The number of nitrogens with zero attached hydrogens (tertiary/aromatic N) is 3. The zero-order chi connectivity index (χ0) is 18.6. The average molecular weight is 364 g/mol. The molecule has 0 spiro atoms. The molecule has 7 nitrogen and oxygen atoms in total. The summed E-state index contributed by atoms with van der Waals surface area (Å²) in [7, 11) is -1.92. The number of carbonyl (C=O) groups excluding carboxylic acids is 1. The van der Waals surface area contributed by atoms with E-state index >= 15 is 0 Å². The Morgan fingerprint density at radius 2 is 1.92 bits per heavy atom. The fourth-order valence-corrected chi connectivity index (χ4v) is 3.31. The monoisotopic (exact) mass is 364 g/mol. The van der Waals surface area contributed by atoms with E-state index in [0.29, 0.717) is 11.4 Å². The number of amides is 1. The second-order valence-electron chi connectivity index (χ2n) is 5.91. The first-order valence-corrected chi connectivity index (χ1v) is 9.94. The lowest BCUT2D eigenvalue weighted by atomic mass is 10.1. The summed E-state index contributed by atoms with van der Waals surface area (Å²) in [6.07, 6.45) is 2.09. The van der Waals surface area contributed by atoms with Crippen LogP contribution in [0, 0.1) is 6.92 Å². The predicted octanol–water partition coefficient (Wildman–Crippen LogP) is 1.93. The Morgan fingerprint density at radius 3 is 2.44 bits per heavy atom. The van der Waals surface area contributed by atoms with E-state index in [1.165, 1.54) is 10.6 Å². The molecular weight excluding hydrogens is 340 g/mol. The molecule has 0 atom stereocenters. The number of nitrogens with one attached hydrogen (secondary N) is 1. The van der Waals surface area contributed by atoms with Crippen molar-refractivity contribution in [1.82, 2.24) is 15.1 Å². The summed E-state index contributed by atoms with van der Waals surface area (Å²) in [5.41, 5.74) is 2.22. The topological polar surface area (TPSA) is 84.3 Å². The van der Waals surface area contributed by atoms with Gasteiger partial charge in [0.25, 0.3) is 5.91 Å². The van der Waals surface area contributed by atoms with Crippen LogP contribution in [-0.2, 0) is 23.1 Å². The summed E-state index contributed by atoms with van der Waals surface area (Å²) in [6, 6.07) is 8.62. The Kier molecular flexibility index (Phi) is 5.84. The largest absolute Gasteiger partial charge is 0.355 e. The van der Waals surface area contributed by atoms with Gasteiger partial charge < -0.3 is 5.32 Å². The lowest BCUT2D eigenvalue weighted by molar-refractivity contribution is 0.0963. The fourth-order valence-electron chi connectivity index (χ4n) is 2.49. The number of carbonyl (C=O) groups is 1. The van der Waals surface area contributed by atoms with Gasteiger partial charge in [-0.1, -0.05) is 19.1 Å². The Balaban J connectivity index is 2.30. The van der Waals surface area contributed by atoms with Crippen LogP contribution >= 0.6 is 0 Å². The molecule has 1 aromatic heterocycles. The minimum Gasteiger partial charge on any atom is -0.355 e. The van der Waals surface area contributed by atoms with Crippen molar-refractivity contribution in [3.63, 3.8) is 0 Å². The fraction of sp³-hybridized carbons (Fsp3) is 0.412. The van der Waals surface area contributed by atoms with Gasteiger partial charge in [-0.05, 0) is 31.0 Å². The van der Waals surface area contributed by atoms with Gasteiger partial charge >= 0.3 is 0 Å². The number of hydrogen-bond donors (Lipinski definition) is 1. The van der Waals surface area contributed by atoms with Crippen molar-refractivity contribution in [2.75, 3.05) is 17.6 Å². The predicted molar refractivity (Wildman–Crippen MR) is 98.1 cm³/mol. The highest BCUT2D eigenvalue weighted by atomic mass is 32.2. The molecule has 1 aromatic carbocycles. The van der Waals surface area contributed by atoms with Crippen LogP contribution in [0.3, 0.4) is 0 Å². The minimum absolute atomic E-state index is 0.162. The summed E-state index contributed by atoms with van der Waals surface area (Å²) < 4.78 is 27.6. The van der Waals surface area contributed by atoms with Gasteiger partial charge in [-0.15, -0.1) is 0 Å². The molecular formula is C17H24N4O3S. The van der Waals surface area contributed by atoms with Gasteiger partial charge in [0, 0.05) is 30.9 Å². The van der Waals surface area contributed by atoms with Crippen molar-refractivity contribution in [2.45, 2.75) is 33.4 Å². The zero-order valence-corrected chi connectivity index (χ0v) is 15.8. The summed E-state index contributed by atoms with van der Waals surface area (Å²) in [5.74, 6) is 0.226. The molecule has 136 valence electrons. The van der Waals surface area contributed by atoms with Gasteiger partial charge in [0.1, 0.15) is 0 Å². The van der Waals surface area contributed by atoms with E-state index in [4.69, 9.17) is 0 Å². The molecule has 2 rings (SSSR count). The average Bonchev–Trinajstić information content (AvgIpc) is 2.92. The third kappa shape index (κ3) is 4.60. The maximum atomic E-state index is 12.2. The molecule has 1 N–H and O–H groups in total. The van der Waals surface area contributed by atoms with Crippen LogP contribution in [0.2, 0.25) is 0 Å².